The van der Waals surface area contributed by atoms with Gasteiger partial charge >= 0.3 is 0 Å². The molecule has 2 rings (SSSR count). The van der Waals surface area contributed by atoms with Crippen molar-refractivity contribution in [2.24, 2.45) is 0 Å². The van der Waals surface area contributed by atoms with Gasteiger partial charge in [-0.15, -0.1) is 0 Å². The molecule has 18 heavy (non-hydrogen) atoms. The molecule has 2 nitrogen and oxygen atoms in total. The topological polar surface area (TPSA) is 12.5 Å². The molecule has 0 unspecified atom stereocenters. The normalized spacial score (nSPS) is 14.7. The highest BCUT2D eigenvalue weighted by Gasteiger charge is 2.17. The van der Waals surface area contributed by atoms with E-state index in [1.165, 1.54) is 13.2 Å². The number of nitrogens with zero attached hydrogens (tertiary/aromatic N) is 1. The van der Waals surface area contributed by atoms with E-state index in [1.54, 1.807) is 12.1 Å². The van der Waals surface area contributed by atoms with Crippen LogP contribution in [0.4, 0.5) is 4.39 Å². The van der Waals surface area contributed by atoms with Gasteiger partial charge in [0.2, 0.25) is 0 Å². The summed E-state index contributed by atoms with van der Waals surface area (Å²) < 4.78 is 19.1. The van der Waals surface area contributed by atoms with Gasteiger partial charge in [-0.3, -0.25) is 0 Å². The number of hydrogen-bond donors (Lipinski definition) is 0. The lowest BCUT2D eigenvalue weighted by molar-refractivity contribution is 0.411. The Balaban J connectivity index is 2.44. The Labute approximate surface area is 107 Å². The highest BCUT2D eigenvalue weighted by Crippen LogP contribution is 2.30. The van der Waals surface area contributed by atoms with Crippen molar-refractivity contribution in [3.63, 3.8) is 0 Å². The van der Waals surface area contributed by atoms with Crippen LogP contribution in [0.5, 0.6) is 5.75 Å². The quantitative estimate of drug-likeness (QED) is 0.807. The zero-order valence-corrected chi connectivity index (χ0v) is 10.6. The standard InChI is InChI=1S/C15H16FNO/c1-4-17-11(2)6-5-7-15(17)13-9-8-12(18-3)10-14(13)16/h5-10H,2,4H2,1,3H3. The zero-order valence-electron chi connectivity index (χ0n) is 10.6. The van der Waals surface area contributed by atoms with Gasteiger partial charge in [0.15, 0.2) is 0 Å². The average Bonchev–Trinajstić information content (AvgIpc) is 2.38. The van der Waals surface area contributed by atoms with E-state index >= 15 is 0 Å². The van der Waals surface area contributed by atoms with Crippen molar-refractivity contribution in [3.8, 4) is 5.75 Å². The van der Waals surface area contributed by atoms with Gasteiger partial charge in [-0.1, -0.05) is 12.7 Å². The van der Waals surface area contributed by atoms with Gasteiger partial charge in [0.1, 0.15) is 11.6 Å². The fraction of sp³-hybridized carbons (Fsp3) is 0.200. The third-order valence-electron chi connectivity index (χ3n) is 2.95. The number of benzene rings is 1. The third-order valence-corrected chi connectivity index (χ3v) is 2.95. The highest BCUT2D eigenvalue weighted by atomic mass is 19.1. The Kier molecular flexibility index (Phi) is 3.51. The van der Waals surface area contributed by atoms with Crippen LogP contribution in [0.15, 0.2) is 48.7 Å². The Hall–Kier alpha value is -2.03. The first-order valence-corrected chi connectivity index (χ1v) is 5.86. The number of rotatable bonds is 3. The molecule has 0 bridgehead atoms. The Morgan fingerprint density at radius 3 is 2.78 bits per heavy atom. The molecule has 0 aromatic heterocycles. The van der Waals surface area contributed by atoms with E-state index in [-0.39, 0.29) is 5.82 Å². The van der Waals surface area contributed by atoms with Crippen molar-refractivity contribution >= 4 is 5.70 Å². The molecule has 0 atom stereocenters. The minimum atomic E-state index is -0.290. The summed E-state index contributed by atoms with van der Waals surface area (Å²) >= 11 is 0. The number of methoxy groups -OCH3 is 1. The number of ether oxygens (including phenoxy) is 1. The summed E-state index contributed by atoms with van der Waals surface area (Å²) in [6, 6.07) is 4.88. The first-order valence-electron chi connectivity index (χ1n) is 5.86. The van der Waals surface area contributed by atoms with E-state index in [4.69, 9.17) is 4.74 Å². The fourth-order valence-corrected chi connectivity index (χ4v) is 2.02. The molecule has 0 radical (unpaired) electrons. The molecule has 1 aliphatic heterocycles. The number of halogens is 1. The molecule has 1 heterocycles. The first kappa shape index (κ1) is 12.4. The average molecular weight is 245 g/mol. The van der Waals surface area contributed by atoms with Crippen LogP contribution >= 0.6 is 0 Å². The highest BCUT2D eigenvalue weighted by molar-refractivity contribution is 5.70. The maximum absolute atomic E-state index is 14.1. The monoisotopic (exact) mass is 245 g/mol. The summed E-state index contributed by atoms with van der Waals surface area (Å²) in [7, 11) is 1.53. The van der Waals surface area contributed by atoms with Crippen LogP contribution < -0.4 is 4.74 Å². The third kappa shape index (κ3) is 2.16. The van der Waals surface area contributed by atoms with E-state index in [2.05, 4.69) is 6.58 Å². The van der Waals surface area contributed by atoms with E-state index in [9.17, 15) is 4.39 Å². The summed E-state index contributed by atoms with van der Waals surface area (Å²) in [6.07, 6.45) is 5.69. The molecule has 0 saturated heterocycles. The molecule has 0 N–H and O–H groups in total. The Morgan fingerprint density at radius 1 is 1.39 bits per heavy atom. The summed E-state index contributed by atoms with van der Waals surface area (Å²) in [6.45, 7) is 6.72. The molecular formula is C15H16FNO. The SMILES string of the molecule is C=C1C=CC=C(c2ccc(OC)cc2F)N1CC. The molecule has 1 aromatic rings. The van der Waals surface area contributed by atoms with Crippen LogP contribution in [0.2, 0.25) is 0 Å². The molecular weight excluding hydrogens is 229 g/mol. The molecule has 0 saturated carbocycles. The minimum absolute atomic E-state index is 0.290. The van der Waals surface area contributed by atoms with Crippen molar-refractivity contribution in [2.75, 3.05) is 13.7 Å². The number of likely N-dealkylation sites (N-methyl/N-ethyl adjacent to an activating group) is 1. The summed E-state index contributed by atoms with van der Waals surface area (Å²) in [4.78, 5) is 1.98. The molecule has 3 heteroatoms. The van der Waals surface area contributed by atoms with Crippen molar-refractivity contribution < 1.29 is 9.13 Å². The Bertz CT molecular complexity index is 531. The second-order valence-electron chi connectivity index (χ2n) is 3.99. The van der Waals surface area contributed by atoms with Gasteiger partial charge in [-0.25, -0.2) is 4.39 Å². The van der Waals surface area contributed by atoms with Gasteiger partial charge < -0.3 is 9.64 Å². The van der Waals surface area contributed by atoms with E-state index in [1.807, 2.05) is 30.1 Å². The smallest absolute Gasteiger partial charge is 0.136 e. The van der Waals surface area contributed by atoms with E-state index in [0.717, 1.165) is 17.9 Å². The molecule has 1 aliphatic rings. The first-order chi connectivity index (χ1) is 8.67. The molecule has 0 spiro atoms. The summed E-state index contributed by atoms with van der Waals surface area (Å²) in [5.74, 6) is 0.229. The zero-order chi connectivity index (χ0) is 13.1. The predicted octanol–water partition coefficient (Wildman–Crippen LogP) is 3.58. The summed E-state index contributed by atoms with van der Waals surface area (Å²) in [5.41, 5.74) is 2.25. The maximum atomic E-state index is 14.1. The maximum Gasteiger partial charge on any atom is 0.136 e. The lowest BCUT2D eigenvalue weighted by atomic mass is 10.1. The molecule has 94 valence electrons. The lowest BCUT2D eigenvalue weighted by Crippen LogP contribution is -2.21. The van der Waals surface area contributed by atoms with Crippen LogP contribution in [0, 0.1) is 5.82 Å². The van der Waals surface area contributed by atoms with Gasteiger partial charge in [0.25, 0.3) is 0 Å². The molecule has 0 aliphatic carbocycles. The van der Waals surface area contributed by atoms with Crippen molar-refractivity contribution in [2.45, 2.75) is 6.92 Å². The van der Waals surface area contributed by atoms with Gasteiger partial charge in [-0.2, -0.15) is 0 Å². The molecule has 0 amide bonds. The number of hydrogen-bond acceptors (Lipinski definition) is 2. The lowest BCUT2D eigenvalue weighted by Gasteiger charge is -2.29. The van der Waals surface area contributed by atoms with Crippen LogP contribution in [0.1, 0.15) is 12.5 Å². The molecule has 0 fully saturated rings. The second kappa shape index (κ2) is 5.08. The van der Waals surface area contributed by atoms with Crippen molar-refractivity contribution in [1.82, 2.24) is 4.90 Å². The Morgan fingerprint density at radius 2 is 2.17 bits per heavy atom. The van der Waals surface area contributed by atoms with Gasteiger partial charge in [-0.05, 0) is 31.2 Å². The number of allylic oxidation sites excluding steroid dienone is 3. The van der Waals surface area contributed by atoms with Crippen LogP contribution in [0.3, 0.4) is 0 Å². The van der Waals surface area contributed by atoms with Crippen molar-refractivity contribution in [3.05, 3.63) is 60.1 Å². The second-order valence-corrected chi connectivity index (χ2v) is 3.99. The summed E-state index contributed by atoms with van der Waals surface area (Å²) in [5, 5.41) is 0. The minimum Gasteiger partial charge on any atom is -0.497 e. The van der Waals surface area contributed by atoms with E-state index < -0.39 is 0 Å². The fourth-order valence-electron chi connectivity index (χ4n) is 2.02. The van der Waals surface area contributed by atoms with E-state index in [0.29, 0.717) is 11.3 Å². The largest absolute Gasteiger partial charge is 0.497 e. The van der Waals surface area contributed by atoms with Crippen LogP contribution in [-0.2, 0) is 0 Å². The van der Waals surface area contributed by atoms with Crippen LogP contribution in [-0.4, -0.2) is 18.6 Å². The van der Waals surface area contributed by atoms with Crippen LogP contribution in [0.25, 0.3) is 5.70 Å². The molecule has 1 aromatic carbocycles. The van der Waals surface area contributed by atoms with Gasteiger partial charge in [0.05, 0.1) is 12.8 Å². The van der Waals surface area contributed by atoms with Crippen molar-refractivity contribution in [1.29, 1.82) is 0 Å². The van der Waals surface area contributed by atoms with Gasteiger partial charge in [0, 0.05) is 23.9 Å². The predicted molar refractivity (Wildman–Crippen MR) is 71.6 cm³/mol.